The van der Waals surface area contributed by atoms with Gasteiger partial charge in [-0.15, -0.1) is 0 Å². The molecule has 16 heavy (non-hydrogen) atoms. The van der Waals surface area contributed by atoms with Crippen molar-refractivity contribution in [3.05, 3.63) is 0 Å². The number of hydrogen-bond acceptors (Lipinski definition) is 3. The molecule has 0 aromatic rings. The zero-order valence-electron chi connectivity index (χ0n) is 9.18. The topological polar surface area (TPSA) is 74.7 Å². The van der Waals surface area contributed by atoms with Crippen molar-refractivity contribution in [2.24, 2.45) is 5.92 Å². The fourth-order valence-electron chi connectivity index (χ4n) is 2.97. The first kappa shape index (κ1) is 11.1. The summed E-state index contributed by atoms with van der Waals surface area (Å²) in [6.07, 6.45) is 1.47. The van der Waals surface area contributed by atoms with E-state index in [4.69, 9.17) is 5.11 Å². The first-order valence-electron chi connectivity index (χ1n) is 5.52. The molecule has 0 aliphatic carbocycles. The van der Waals surface area contributed by atoms with Gasteiger partial charge in [0.25, 0.3) is 0 Å². The van der Waals surface area contributed by atoms with Crippen LogP contribution in [0.1, 0.15) is 32.6 Å². The average Bonchev–Trinajstić information content (AvgIpc) is 2.14. The smallest absolute Gasteiger partial charge is 0.306 e. The van der Waals surface area contributed by atoms with Crippen molar-refractivity contribution >= 4 is 17.7 Å². The van der Waals surface area contributed by atoms with Gasteiger partial charge in [-0.25, -0.2) is 0 Å². The number of carbonyl (C=O) groups excluding carboxylic acids is 2. The lowest BCUT2D eigenvalue weighted by Gasteiger charge is -2.46. The maximum Gasteiger partial charge on any atom is 0.306 e. The minimum Gasteiger partial charge on any atom is -0.481 e. The molecule has 0 aromatic heterocycles. The third-order valence-electron chi connectivity index (χ3n) is 3.54. The van der Waals surface area contributed by atoms with Crippen molar-refractivity contribution in [1.29, 1.82) is 0 Å². The summed E-state index contributed by atoms with van der Waals surface area (Å²) in [6.45, 7) is 1.48. The zero-order valence-corrected chi connectivity index (χ0v) is 9.18. The number of amides is 1. The van der Waals surface area contributed by atoms with E-state index in [1.165, 1.54) is 6.92 Å². The largest absolute Gasteiger partial charge is 0.481 e. The number of nitrogens with zero attached hydrogens (tertiary/aromatic N) is 1. The SMILES string of the molecule is CC(=O)N1C2CC(=O)CC1CC(C(=O)O)C2. The first-order chi connectivity index (χ1) is 7.49. The van der Waals surface area contributed by atoms with Gasteiger partial charge in [-0.3, -0.25) is 14.4 Å². The van der Waals surface area contributed by atoms with Crippen LogP contribution in [0.2, 0.25) is 0 Å². The molecular weight excluding hydrogens is 210 g/mol. The summed E-state index contributed by atoms with van der Waals surface area (Å²) in [5.74, 6) is -1.12. The molecule has 5 heteroatoms. The molecule has 2 bridgehead atoms. The second-order valence-electron chi connectivity index (χ2n) is 4.69. The quantitative estimate of drug-likeness (QED) is 0.702. The molecule has 0 aromatic carbocycles. The van der Waals surface area contributed by atoms with E-state index in [0.717, 1.165) is 0 Å². The molecule has 2 heterocycles. The maximum atomic E-state index is 11.5. The van der Waals surface area contributed by atoms with Gasteiger partial charge in [-0.1, -0.05) is 0 Å². The lowest BCUT2D eigenvalue weighted by molar-refractivity contribution is -0.154. The third-order valence-corrected chi connectivity index (χ3v) is 3.54. The second kappa shape index (κ2) is 3.88. The van der Waals surface area contributed by atoms with E-state index in [-0.39, 0.29) is 23.8 Å². The standard InChI is InChI=1S/C11H15NO4/c1-6(13)12-8-2-7(11(15)16)3-9(12)5-10(14)4-8/h7-9H,2-5H2,1H3,(H,15,16). The summed E-state index contributed by atoms with van der Waals surface area (Å²) in [5, 5.41) is 9.00. The molecule has 2 unspecified atom stereocenters. The summed E-state index contributed by atoms with van der Waals surface area (Å²) in [6, 6.07) is -0.391. The van der Waals surface area contributed by atoms with Crippen molar-refractivity contribution in [3.8, 4) is 0 Å². The number of fused-ring (bicyclic) bond motifs is 2. The number of piperidine rings is 2. The predicted molar refractivity (Wildman–Crippen MR) is 54.7 cm³/mol. The Kier molecular flexibility index (Phi) is 2.69. The first-order valence-corrected chi connectivity index (χ1v) is 5.52. The number of ketones is 1. The van der Waals surface area contributed by atoms with Crippen molar-refractivity contribution in [1.82, 2.24) is 4.90 Å². The van der Waals surface area contributed by atoms with Gasteiger partial charge in [0.1, 0.15) is 5.78 Å². The number of Topliss-reactive ketones (excluding diaryl/α,β-unsaturated/α-hetero) is 1. The van der Waals surface area contributed by atoms with Crippen molar-refractivity contribution in [2.75, 3.05) is 0 Å². The molecule has 2 atom stereocenters. The highest BCUT2D eigenvalue weighted by Crippen LogP contribution is 2.35. The van der Waals surface area contributed by atoms with Gasteiger partial charge in [0.15, 0.2) is 0 Å². The van der Waals surface area contributed by atoms with E-state index < -0.39 is 11.9 Å². The number of aliphatic carboxylic acids is 1. The number of hydrogen-bond donors (Lipinski definition) is 1. The van der Waals surface area contributed by atoms with Gasteiger partial charge in [0, 0.05) is 31.8 Å². The van der Waals surface area contributed by atoms with Crippen molar-refractivity contribution < 1.29 is 19.5 Å². The molecule has 0 saturated carbocycles. The average molecular weight is 225 g/mol. The molecule has 1 amide bonds. The molecule has 2 rings (SSSR count). The Morgan fingerprint density at radius 3 is 2.12 bits per heavy atom. The molecule has 0 spiro atoms. The van der Waals surface area contributed by atoms with Crippen LogP contribution in [0.5, 0.6) is 0 Å². The summed E-state index contributed by atoms with van der Waals surface area (Å²) in [7, 11) is 0. The van der Waals surface area contributed by atoms with Crippen LogP contribution in [-0.2, 0) is 14.4 Å². The Morgan fingerprint density at radius 2 is 1.75 bits per heavy atom. The van der Waals surface area contributed by atoms with Crippen LogP contribution >= 0.6 is 0 Å². The van der Waals surface area contributed by atoms with Crippen LogP contribution in [0.15, 0.2) is 0 Å². The van der Waals surface area contributed by atoms with E-state index in [1.54, 1.807) is 4.90 Å². The third kappa shape index (κ3) is 1.81. The molecule has 2 aliphatic rings. The van der Waals surface area contributed by atoms with Crippen LogP contribution in [0.25, 0.3) is 0 Å². The van der Waals surface area contributed by atoms with Crippen LogP contribution in [-0.4, -0.2) is 39.7 Å². The Hall–Kier alpha value is -1.39. The van der Waals surface area contributed by atoms with Gasteiger partial charge in [-0.05, 0) is 12.8 Å². The number of carbonyl (C=O) groups is 3. The van der Waals surface area contributed by atoms with Gasteiger partial charge in [0.05, 0.1) is 5.92 Å². The molecule has 1 N–H and O–H groups in total. The fraction of sp³-hybridized carbons (Fsp3) is 0.727. The van der Waals surface area contributed by atoms with E-state index in [0.29, 0.717) is 25.7 Å². The number of carboxylic acid groups (broad SMARTS) is 1. The highest BCUT2D eigenvalue weighted by atomic mass is 16.4. The number of carboxylic acids is 1. The van der Waals surface area contributed by atoms with Gasteiger partial charge >= 0.3 is 5.97 Å². The molecule has 5 nitrogen and oxygen atoms in total. The normalized spacial score (nSPS) is 33.7. The molecule has 2 fully saturated rings. The summed E-state index contributed by atoms with van der Waals surface area (Å²) in [5.41, 5.74) is 0. The zero-order chi connectivity index (χ0) is 11.9. The van der Waals surface area contributed by atoms with Crippen molar-refractivity contribution in [3.63, 3.8) is 0 Å². The minimum atomic E-state index is -0.812. The molecule has 0 radical (unpaired) electrons. The Labute approximate surface area is 93.4 Å². The predicted octanol–water partition coefficient (Wildman–Crippen LogP) is 0.430. The summed E-state index contributed by atoms with van der Waals surface area (Å²) in [4.78, 5) is 35.6. The monoisotopic (exact) mass is 225 g/mol. The van der Waals surface area contributed by atoms with Crippen molar-refractivity contribution in [2.45, 2.75) is 44.7 Å². The van der Waals surface area contributed by atoms with Gasteiger partial charge in [0.2, 0.25) is 5.91 Å². The Bertz CT molecular complexity index is 334. The minimum absolute atomic E-state index is 0.0497. The van der Waals surface area contributed by atoms with Crippen LogP contribution in [0.4, 0.5) is 0 Å². The lowest BCUT2D eigenvalue weighted by Crippen LogP contribution is -2.57. The highest BCUT2D eigenvalue weighted by molar-refractivity contribution is 5.85. The molecule has 88 valence electrons. The summed E-state index contributed by atoms with van der Waals surface area (Å²) >= 11 is 0. The maximum absolute atomic E-state index is 11.5. The number of rotatable bonds is 1. The van der Waals surface area contributed by atoms with E-state index in [1.807, 2.05) is 0 Å². The molecular formula is C11H15NO4. The fourth-order valence-corrected chi connectivity index (χ4v) is 2.97. The second-order valence-corrected chi connectivity index (χ2v) is 4.69. The van der Waals surface area contributed by atoms with E-state index >= 15 is 0 Å². The highest BCUT2D eigenvalue weighted by Gasteiger charge is 2.44. The van der Waals surface area contributed by atoms with E-state index in [9.17, 15) is 14.4 Å². The molecule has 2 aliphatic heterocycles. The molecule has 2 saturated heterocycles. The van der Waals surface area contributed by atoms with Crippen LogP contribution < -0.4 is 0 Å². The van der Waals surface area contributed by atoms with Crippen LogP contribution in [0, 0.1) is 5.92 Å². The van der Waals surface area contributed by atoms with Gasteiger partial charge in [-0.2, -0.15) is 0 Å². The Morgan fingerprint density at radius 1 is 1.25 bits per heavy atom. The lowest BCUT2D eigenvalue weighted by atomic mass is 9.78. The van der Waals surface area contributed by atoms with Crippen LogP contribution in [0.3, 0.4) is 0 Å². The van der Waals surface area contributed by atoms with E-state index in [2.05, 4.69) is 0 Å². The summed E-state index contributed by atoms with van der Waals surface area (Å²) < 4.78 is 0. The van der Waals surface area contributed by atoms with Gasteiger partial charge < -0.3 is 10.0 Å². The Balaban J connectivity index is 2.21.